The third-order valence-corrected chi connectivity index (χ3v) is 3.85. The Morgan fingerprint density at radius 1 is 1.24 bits per heavy atom. The Hall–Kier alpha value is -2.61. The molecule has 3 aromatic rings. The van der Waals surface area contributed by atoms with Crippen molar-refractivity contribution in [3.8, 4) is 17.1 Å². The number of hydrogen-bond acceptors (Lipinski definition) is 7. The molecule has 0 saturated heterocycles. The van der Waals surface area contributed by atoms with E-state index in [0.717, 1.165) is 30.5 Å². The Morgan fingerprint density at radius 3 is 2.81 bits per heavy atom. The van der Waals surface area contributed by atoms with Crippen LogP contribution in [0.3, 0.4) is 0 Å². The maximum Gasteiger partial charge on any atom is 0.260 e. The Bertz CT molecular complexity index is 760. The number of nitrogens with two attached hydrogens (primary N) is 1. The number of aromatic nitrogens is 6. The first kappa shape index (κ1) is 12.2. The first-order valence-corrected chi connectivity index (χ1v) is 6.72. The van der Waals surface area contributed by atoms with Gasteiger partial charge < -0.3 is 10.3 Å². The summed E-state index contributed by atoms with van der Waals surface area (Å²) in [5.41, 5.74) is 7.33. The lowest BCUT2D eigenvalue weighted by Crippen LogP contribution is -2.44. The third kappa shape index (κ3) is 1.91. The summed E-state index contributed by atoms with van der Waals surface area (Å²) in [4.78, 5) is 4.46. The molecule has 0 aliphatic heterocycles. The van der Waals surface area contributed by atoms with Crippen LogP contribution in [0.25, 0.3) is 17.1 Å². The van der Waals surface area contributed by atoms with E-state index in [-0.39, 0.29) is 0 Å². The summed E-state index contributed by atoms with van der Waals surface area (Å²) in [6.07, 6.45) is 4.40. The number of tetrazole rings is 1. The second-order valence-electron chi connectivity index (χ2n) is 5.20. The lowest BCUT2D eigenvalue weighted by atomic mass is 9.77. The molecule has 1 aliphatic carbocycles. The van der Waals surface area contributed by atoms with Gasteiger partial charge in [-0.25, -0.2) is 0 Å². The largest absolute Gasteiger partial charge is 0.334 e. The zero-order chi connectivity index (χ0) is 14.3. The zero-order valence-electron chi connectivity index (χ0n) is 11.2. The Morgan fingerprint density at radius 2 is 2.10 bits per heavy atom. The van der Waals surface area contributed by atoms with Crippen molar-refractivity contribution in [1.29, 1.82) is 0 Å². The van der Waals surface area contributed by atoms with Crippen LogP contribution in [0.5, 0.6) is 0 Å². The molecule has 8 heteroatoms. The minimum atomic E-state index is -0.439. The molecule has 21 heavy (non-hydrogen) atoms. The van der Waals surface area contributed by atoms with Crippen molar-refractivity contribution in [1.82, 2.24) is 30.3 Å². The van der Waals surface area contributed by atoms with Crippen LogP contribution in [0.2, 0.25) is 0 Å². The molecule has 1 saturated carbocycles. The second-order valence-corrected chi connectivity index (χ2v) is 5.20. The standard InChI is InChI=1S/C13H13N7O/c14-13(6-3-7-13)12-16-11(21-17-12)9-4-1-2-5-10(9)20-8-15-18-19-20/h1-2,4-5,8H,3,6-7,14H2. The Balaban J connectivity index is 1.77. The monoisotopic (exact) mass is 283 g/mol. The molecule has 2 N–H and O–H groups in total. The summed E-state index contributed by atoms with van der Waals surface area (Å²) < 4.78 is 6.94. The van der Waals surface area contributed by atoms with Gasteiger partial charge in [0.1, 0.15) is 6.33 Å². The molecule has 0 unspecified atom stereocenters. The fourth-order valence-electron chi connectivity index (χ4n) is 2.44. The highest BCUT2D eigenvalue weighted by molar-refractivity contribution is 5.65. The van der Waals surface area contributed by atoms with E-state index in [1.54, 1.807) is 4.68 Å². The molecule has 1 aliphatic rings. The van der Waals surface area contributed by atoms with E-state index in [1.807, 2.05) is 24.3 Å². The summed E-state index contributed by atoms with van der Waals surface area (Å²) in [6.45, 7) is 0. The SMILES string of the molecule is NC1(c2noc(-c3ccccc3-n3cnnn3)n2)CCC1. The topological polar surface area (TPSA) is 109 Å². The average molecular weight is 283 g/mol. The van der Waals surface area contributed by atoms with Crippen molar-refractivity contribution in [2.75, 3.05) is 0 Å². The molecule has 0 spiro atoms. The summed E-state index contributed by atoms with van der Waals surface area (Å²) in [6, 6.07) is 7.57. The summed E-state index contributed by atoms with van der Waals surface area (Å²) in [7, 11) is 0. The van der Waals surface area contributed by atoms with Gasteiger partial charge >= 0.3 is 0 Å². The highest BCUT2D eigenvalue weighted by Gasteiger charge is 2.39. The average Bonchev–Trinajstić information content (AvgIpc) is 3.16. The molecule has 0 radical (unpaired) electrons. The number of hydrogen-bond donors (Lipinski definition) is 1. The lowest BCUT2D eigenvalue weighted by molar-refractivity contribution is 0.229. The fourth-order valence-corrected chi connectivity index (χ4v) is 2.44. The first-order valence-electron chi connectivity index (χ1n) is 6.72. The van der Waals surface area contributed by atoms with Gasteiger partial charge in [0, 0.05) is 0 Å². The van der Waals surface area contributed by atoms with Crippen LogP contribution in [-0.4, -0.2) is 30.3 Å². The van der Waals surface area contributed by atoms with Crippen LogP contribution < -0.4 is 5.73 Å². The maximum atomic E-state index is 6.23. The molecule has 1 fully saturated rings. The van der Waals surface area contributed by atoms with Crippen LogP contribution >= 0.6 is 0 Å². The third-order valence-electron chi connectivity index (χ3n) is 3.85. The quantitative estimate of drug-likeness (QED) is 0.765. The predicted molar refractivity (Wildman–Crippen MR) is 72.2 cm³/mol. The number of nitrogens with zero attached hydrogens (tertiary/aromatic N) is 6. The van der Waals surface area contributed by atoms with Crippen molar-refractivity contribution < 1.29 is 4.52 Å². The molecule has 106 valence electrons. The Labute approximate surface area is 120 Å². The predicted octanol–water partition coefficient (Wildman–Crippen LogP) is 1.05. The highest BCUT2D eigenvalue weighted by Crippen LogP contribution is 2.38. The van der Waals surface area contributed by atoms with Crippen molar-refractivity contribution in [2.45, 2.75) is 24.8 Å². The van der Waals surface area contributed by atoms with Gasteiger partial charge in [-0.05, 0) is 41.8 Å². The molecule has 2 aromatic heterocycles. The fraction of sp³-hybridized carbons (Fsp3) is 0.308. The van der Waals surface area contributed by atoms with Crippen molar-refractivity contribution in [3.63, 3.8) is 0 Å². The van der Waals surface area contributed by atoms with Gasteiger partial charge in [0.05, 0.1) is 16.8 Å². The molecule has 0 atom stereocenters. The van der Waals surface area contributed by atoms with Gasteiger partial charge in [-0.3, -0.25) is 0 Å². The van der Waals surface area contributed by atoms with E-state index in [9.17, 15) is 0 Å². The van der Waals surface area contributed by atoms with E-state index in [1.165, 1.54) is 6.33 Å². The van der Waals surface area contributed by atoms with E-state index in [0.29, 0.717) is 11.7 Å². The lowest BCUT2D eigenvalue weighted by Gasteiger charge is -2.34. The van der Waals surface area contributed by atoms with Crippen LogP contribution in [-0.2, 0) is 5.54 Å². The molecular weight excluding hydrogens is 270 g/mol. The van der Waals surface area contributed by atoms with E-state index in [2.05, 4.69) is 25.7 Å². The molecular formula is C13H13N7O. The second kappa shape index (κ2) is 4.45. The van der Waals surface area contributed by atoms with Gasteiger partial charge in [0.2, 0.25) is 0 Å². The van der Waals surface area contributed by atoms with E-state index in [4.69, 9.17) is 10.3 Å². The van der Waals surface area contributed by atoms with Gasteiger partial charge in [0.15, 0.2) is 5.82 Å². The van der Waals surface area contributed by atoms with Crippen molar-refractivity contribution >= 4 is 0 Å². The maximum absolute atomic E-state index is 6.23. The minimum absolute atomic E-state index is 0.424. The molecule has 0 amide bonds. The van der Waals surface area contributed by atoms with Crippen molar-refractivity contribution in [2.24, 2.45) is 5.73 Å². The van der Waals surface area contributed by atoms with Crippen LogP contribution in [0, 0.1) is 0 Å². The zero-order valence-corrected chi connectivity index (χ0v) is 11.2. The number of para-hydroxylation sites is 1. The summed E-state index contributed by atoms with van der Waals surface area (Å²) >= 11 is 0. The highest BCUT2D eigenvalue weighted by atomic mass is 16.5. The number of benzene rings is 1. The smallest absolute Gasteiger partial charge is 0.260 e. The molecule has 8 nitrogen and oxygen atoms in total. The first-order chi connectivity index (χ1) is 10.3. The van der Waals surface area contributed by atoms with Crippen LogP contribution in [0.4, 0.5) is 0 Å². The number of rotatable bonds is 3. The summed E-state index contributed by atoms with van der Waals surface area (Å²) in [5, 5.41) is 15.2. The summed E-state index contributed by atoms with van der Waals surface area (Å²) in [5.74, 6) is 0.989. The van der Waals surface area contributed by atoms with Gasteiger partial charge in [-0.1, -0.05) is 17.3 Å². The van der Waals surface area contributed by atoms with Crippen LogP contribution in [0.1, 0.15) is 25.1 Å². The molecule has 1 aromatic carbocycles. The van der Waals surface area contributed by atoms with E-state index < -0.39 is 5.54 Å². The van der Waals surface area contributed by atoms with Crippen molar-refractivity contribution in [3.05, 3.63) is 36.4 Å². The Kier molecular flexibility index (Phi) is 2.58. The van der Waals surface area contributed by atoms with E-state index >= 15 is 0 Å². The van der Waals surface area contributed by atoms with Gasteiger partial charge in [-0.2, -0.15) is 9.67 Å². The molecule has 4 rings (SSSR count). The minimum Gasteiger partial charge on any atom is -0.334 e. The molecule has 0 bridgehead atoms. The normalized spacial score (nSPS) is 16.6. The van der Waals surface area contributed by atoms with Gasteiger partial charge in [-0.15, -0.1) is 5.10 Å². The van der Waals surface area contributed by atoms with Gasteiger partial charge in [0.25, 0.3) is 5.89 Å². The van der Waals surface area contributed by atoms with Crippen LogP contribution in [0.15, 0.2) is 35.1 Å². The molecule has 2 heterocycles.